The van der Waals surface area contributed by atoms with Crippen molar-refractivity contribution in [1.29, 1.82) is 0 Å². The third-order valence-electron chi connectivity index (χ3n) is 6.54. The number of hydrogen-bond acceptors (Lipinski definition) is 6. The Kier molecular flexibility index (Phi) is 10.1. The third kappa shape index (κ3) is 7.68. The summed E-state index contributed by atoms with van der Waals surface area (Å²) < 4.78 is 5.79. The number of fused-ring (bicyclic) bond motifs is 1. The number of carbonyl (C=O) groups is 4. The maximum absolute atomic E-state index is 13.4. The lowest BCUT2D eigenvalue weighted by Gasteiger charge is -2.36. The van der Waals surface area contributed by atoms with Crippen molar-refractivity contribution in [3.8, 4) is 5.75 Å². The topological polar surface area (TPSA) is 120 Å². The summed E-state index contributed by atoms with van der Waals surface area (Å²) in [6.07, 6.45) is 0.622. The van der Waals surface area contributed by atoms with Crippen molar-refractivity contribution >= 4 is 23.6 Å². The van der Waals surface area contributed by atoms with E-state index in [1.165, 1.54) is 0 Å². The summed E-state index contributed by atoms with van der Waals surface area (Å²) in [7, 11) is 0. The molecule has 0 unspecified atom stereocenters. The number of hydrogen-bond donors (Lipinski definition) is 3. The minimum Gasteiger partial charge on any atom is -0.491 e. The summed E-state index contributed by atoms with van der Waals surface area (Å²) in [4.78, 5) is 56.2. The fourth-order valence-corrected chi connectivity index (χ4v) is 4.48. The summed E-state index contributed by atoms with van der Waals surface area (Å²) in [5.41, 5.74) is 0.300. The molecule has 0 aromatic heterocycles. The van der Waals surface area contributed by atoms with Gasteiger partial charge in [0.1, 0.15) is 24.4 Å². The number of nitrogens with one attached hydrogen (secondary N) is 3. The number of rotatable bonds is 4. The van der Waals surface area contributed by atoms with E-state index in [0.717, 1.165) is 19.6 Å². The van der Waals surface area contributed by atoms with Crippen LogP contribution in [-0.2, 0) is 14.4 Å². The highest BCUT2D eigenvalue weighted by Crippen LogP contribution is 2.19. The molecule has 0 spiro atoms. The molecule has 0 bridgehead atoms. The molecule has 2 atom stereocenters. The zero-order valence-electron chi connectivity index (χ0n) is 21.5. The molecule has 2 aliphatic heterocycles. The van der Waals surface area contributed by atoms with E-state index in [9.17, 15) is 19.2 Å². The SMILES string of the molecule is CCN1CCN(C(=O)[C@@H]2CCC(=O)N[C@@H](CC(C)C)C(=O)NCCOc3ccccc3C(=O)N2)CC1. The molecule has 1 saturated heterocycles. The maximum atomic E-state index is 13.4. The summed E-state index contributed by atoms with van der Waals surface area (Å²) in [5, 5.41) is 8.47. The molecule has 0 radical (unpaired) electrons. The van der Waals surface area contributed by atoms with Gasteiger partial charge in [0.25, 0.3) is 5.91 Å². The summed E-state index contributed by atoms with van der Waals surface area (Å²) in [6, 6.07) is 5.25. The number of nitrogens with zero attached hydrogens (tertiary/aromatic N) is 2. The minimum absolute atomic E-state index is 0.00559. The quantitative estimate of drug-likeness (QED) is 0.561. The number of ether oxygens (including phenoxy) is 1. The highest BCUT2D eigenvalue weighted by atomic mass is 16.5. The monoisotopic (exact) mass is 501 g/mol. The molecule has 2 heterocycles. The lowest BCUT2D eigenvalue weighted by molar-refractivity contribution is -0.135. The van der Waals surface area contributed by atoms with Crippen LogP contribution >= 0.6 is 0 Å². The van der Waals surface area contributed by atoms with E-state index in [0.29, 0.717) is 30.8 Å². The van der Waals surface area contributed by atoms with E-state index in [2.05, 4.69) is 27.8 Å². The maximum Gasteiger partial charge on any atom is 0.255 e. The van der Waals surface area contributed by atoms with Crippen LogP contribution in [-0.4, -0.2) is 91.4 Å². The lowest BCUT2D eigenvalue weighted by Crippen LogP contribution is -2.55. The van der Waals surface area contributed by atoms with Gasteiger partial charge >= 0.3 is 0 Å². The largest absolute Gasteiger partial charge is 0.491 e. The smallest absolute Gasteiger partial charge is 0.255 e. The predicted molar refractivity (Wildman–Crippen MR) is 136 cm³/mol. The van der Waals surface area contributed by atoms with Gasteiger partial charge in [-0.2, -0.15) is 0 Å². The molecule has 4 amide bonds. The molecule has 0 aliphatic carbocycles. The lowest BCUT2D eigenvalue weighted by atomic mass is 10.0. The van der Waals surface area contributed by atoms with Gasteiger partial charge < -0.3 is 30.5 Å². The van der Waals surface area contributed by atoms with Crippen LogP contribution in [0.15, 0.2) is 24.3 Å². The predicted octanol–water partition coefficient (Wildman–Crippen LogP) is 0.769. The third-order valence-corrected chi connectivity index (χ3v) is 6.54. The Labute approximate surface area is 213 Å². The second kappa shape index (κ2) is 13.2. The molecule has 36 heavy (non-hydrogen) atoms. The molecule has 1 aromatic rings. The van der Waals surface area contributed by atoms with E-state index in [-0.39, 0.29) is 49.6 Å². The van der Waals surface area contributed by atoms with Crippen molar-refractivity contribution in [3.63, 3.8) is 0 Å². The van der Waals surface area contributed by atoms with Crippen molar-refractivity contribution in [2.75, 3.05) is 45.9 Å². The Morgan fingerprint density at radius 3 is 2.50 bits per heavy atom. The van der Waals surface area contributed by atoms with Gasteiger partial charge in [0.2, 0.25) is 17.7 Å². The molecular weight excluding hydrogens is 462 g/mol. The Balaban J connectivity index is 1.82. The normalized spacial score (nSPS) is 22.9. The fraction of sp³-hybridized carbons (Fsp3) is 0.615. The molecule has 3 rings (SSSR count). The highest BCUT2D eigenvalue weighted by molar-refractivity contribution is 5.99. The summed E-state index contributed by atoms with van der Waals surface area (Å²) in [5.74, 6) is -0.680. The van der Waals surface area contributed by atoms with Gasteiger partial charge in [-0.15, -0.1) is 0 Å². The van der Waals surface area contributed by atoms with Crippen LogP contribution in [0, 0.1) is 5.92 Å². The van der Waals surface area contributed by atoms with Crippen LogP contribution in [0.2, 0.25) is 0 Å². The first-order valence-electron chi connectivity index (χ1n) is 12.9. The van der Waals surface area contributed by atoms with Gasteiger partial charge in [0.05, 0.1) is 12.1 Å². The van der Waals surface area contributed by atoms with Gasteiger partial charge in [0, 0.05) is 32.6 Å². The fourth-order valence-electron chi connectivity index (χ4n) is 4.48. The molecule has 3 N–H and O–H groups in total. The van der Waals surface area contributed by atoms with Gasteiger partial charge in [-0.25, -0.2) is 0 Å². The Morgan fingerprint density at radius 1 is 1.08 bits per heavy atom. The number of carbonyl (C=O) groups excluding carboxylic acids is 4. The van der Waals surface area contributed by atoms with Crippen molar-refractivity contribution < 1.29 is 23.9 Å². The Bertz CT molecular complexity index is 929. The molecule has 1 aromatic carbocycles. The van der Waals surface area contributed by atoms with Crippen molar-refractivity contribution in [2.45, 2.75) is 52.1 Å². The number of likely N-dealkylation sites (N-methyl/N-ethyl adjacent to an activating group) is 1. The molecule has 198 valence electrons. The first kappa shape index (κ1) is 27.4. The van der Waals surface area contributed by atoms with Crippen LogP contribution in [0.3, 0.4) is 0 Å². The van der Waals surface area contributed by atoms with Crippen LogP contribution in [0.1, 0.15) is 50.4 Å². The van der Waals surface area contributed by atoms with Crippen LogP contribution in [0.5, 0.6) is 5.75 Å². The van der Waals surface area contributed by atoms with Crippen molar-refractivity contribution in [3.05, 3.63) is 29.8 Å². The second-order valence-electron chi connectivity index (χ2n) is 9.71. The molecule has 10 nitrogen and oxygen atoms in total. The van der Waals surface area contributed by atoms with Gasteiger partial charge in [-0.1, -0.05) is 32.9 Å². The van der Waals surface area contributed by atoms with E-state index in [4.69, 9.17) is 4.74 Å². The van der Waals surface area contributed by atoms with Crippen LogP contribution < -0.4 is 20.7 Å². The molecule has 10 heteroatoms. The Hall–Kier alpha value is -3.14. The average molecular weight is 502 g/mol. The zero-order valence-corrected chi connectivity index (χ0v) is 21.5. The first-order valence-corrected chi connectivity index (χ1v) is 12.9. The number of amides is 4. The molecule has 0 saturated carbocycles. The number of benzene rings is 1. The highest BCUT2D eigenvalue weighted by Gasteiger charge is 2.30. The minimum atomic E-state index is -0.869. The average Bonchev–Trinajstić information content (AvgIpc) is 2.87. The summed E-state index contributed by atoms with van der Waals surface area (Å²) >= 11 is 0. The van der Waals surface area contributed by atoms with Gasteiger partial charge in [-0.3, -0.25) is 19.2 Å². The van der Waals surface area contributed by atoms with E-state index < -0.39 is 18.0 Å². The summed E-state index contributed by atoms with van der Waals surface area (Å²) in [6.45, 7) is 10.0. The van der Waals surface area contributed by atoms with Crippen LogP contribution in [0.4, 0.5) is 0 Å². The van der Waals surface area contributed by atoms with Gasteiger partial charge in [-0.05, 0) is 37.4 Å². The number of para-hydroxylation sites is 1. The van der Waals surface area contributed by atoms with E-state index in [1.807, 2.05) is 13.8 Å². The van der Waals surface area contributed by atoms with Crippen molar-refractivity contribution in [1.82, 2.24) is 25.8 Å². The van der Waals surface area contributed by atoms with E-state index in [1.54, 1.807) is 29.2 Å². The molecule has 1 fully saturated rings. The van der Waals surface area contributed by atoms with Gasteiger partial charge in [0.15, 0.2) is 0 Å². The zero-order chi connectivity index (χ0) is 26.1. The van der Waals surface area contributed by atoms with Crippen molar-refractivity contribution in [2.24, 2.45) is 5.92 Å². The van der Waals surface area contributed by atoms with Crippen LogP contribution in [0.25, 0.3) is 0 Å². The molecule has 2 aliphatic rings. The molecular formula is C26H39N5O5. The first-order chi connectivity index (χ1) is 17.3. The second-order valence-corrected chi connectivity index (χ2v) is 9.71. The van der Waals surface area contributed by atoms with E-state index >= 15 is 0 Å². The number of piperazine rings is 1. The standard InChI is InChI=1S/C26H39N5O5/c1-4-30-12-14-31(15-13-30)26(35)20-9-10-23(32)28-21(17-18(2)3)25(34)27-11-16-36-22-8-6-5-7-19(22)24(33)29-20/h5-8,18,20-21H,4,9-17H2,1-3H3,(H,27,34)(H,28,32)(H,29,33)/t20-,21-/m0/s1. The Morgan fingerprint density at radius 2 is 1.81 bits per heavy atom.